The Balaban J connectivity index is 4.48. The van der Waals surface area contributed by atoms with Gasteiger partial charge in [-0.2, -0.15) is 0 Å². The van der Waals surface area contributed by atoms with Gasteiger partial charge in [0, 0.05) is 39.4 Å². The predicted octanol–water partition coefficient (Wildman–Crippen LogP) is 0.953. The van der Waals surface area contributed by atoms with Gasteiger partial charge in [0.15, 0.2) is 0 Å². The number of hydrogen-bond donors (Lipinski definition) is 1. The van der Waals surface area contributed by atoms with Crippen LogP contribution in [0.25, 0.3) is 0 Å². The molecule has 98 valence electrons. The Hall–Kier alpha value is -0.160. The molecule has 0 amide bonds. The van der Waals surface area contributed by atoms with Gasteiger partial charge in [0.1, 0.15) is 0 Å². The lowest BCUT2D eigenvalue weighted by Gasteiger charge is -2.37. The smallest absolute Gasteiger partial charge is 0.0615 e. The van der Waals surface area contributed by atoms with E-state index in [1.165, 1.54) is 0 Å². The second-order valence-electron chi connectivity index (χ2n) is 4.58. The number of ether oxygens (including phenoxy) is 2. The Morgan fingerprint density at radius 2 is 1.75 bits per heavy atom. The topological polar surface area (TPSA) is 47.7 Å². The van der Waals surface area contributed by atoms with E-state index in [9.17, 15) is 0 Å². The largest absolute Gasteiger partial charge is 0.383 e. The fraction of sp³-hybridized carbons (Fsp3) is 1.00. The van der Waals surface area contributed by atoms with Gasteiger partial charge in [-0.05, 0) is 12.8 Å². The molecule has 2 unspecified atom stereocenters. The molecule has 0 saturated heterocycles. The van der Waals surface area contributed by atoms with Crippen LogP contribution >= 0.6 is 0 Å². The third kappa shape index (κ3) is 5.25. The fourth-order valence-electron chi connectivity index (χ4n) is 2.04. The zero-order valence-electron chi connectivity index (χ0n) is 11.4. The molecular weight excluding hydrogens is 204 g/mol. The molecule has 4 nitrogen and oxygen atoms in total. The molecule has 0 aromatic rings. The molecule has 0 aliphatic rings. The molecule has 0 rings (SSSR count). The van der Waals surface area contributed by atoms with Gasteiger partial charge in [-0.1, -0.05) is 13.8 Å². The van der Waals surface area contributed by atoms with Crippen LogP contribution < -0.4 is 5.73 Å². The number of nitrogens with two attached hydrogens (primary N) is 1. The van der Waals surface area contributed by atoms with Crippen molar-refractivity contribution in [3.63, 3.8) is 0 Å². The quantitative estimate of drug-likeness (QED) is 0.643. The third-order valence-corrected chi connectivity index (χ3v) is 2.96. The van der Waals surface area contributed by atoms with E-state index in [1.807, 2.05) is 0 Å². The van der Waals surface area contributed by atoms with Crippen molar-refractivity contribution < 1.29 is 9.47 Å². The van der Waals surface area contributed by atoms with Crippen molar-refractivity contribution in [3.8, 4) is 0 Å². The summed E-state index contributed by atoms with van der Waals surface area (Å²) in [7, 11) is 3.46. The molecule has 0 aliphatic heterocycles. The van der Waals surface area contributed by atoms with E-state index in [4.69, 9.17) is 15.2 Å². The lowest BCUT2D eigenvalue weighted by Crippen LogP contribution is -2.51. The molecule has 0 fully saturated rings. The summed E-state index contributed by atoms with van der Waals surface area (Å²) < 4.78 is 10.4. The van der Waals surface area contributed by atoms with Crippen LogP contribution in [0, 0.1) is 5.92 Å². The summed E-state index contributed by atoms with van der Waals surface area (Å²) in [6.07, 6.45) is 0. The summed E-state index contributed by atoms with van der Waals surface area (Å²) in [6.45, 7) is 9.62. The minimum absolute atomic E-state index is 0.371. The zero-order valence-corrected chi connectivity index (χ0v) is 11.4. The molecule has 4 heteroatoms. The molecule has 0 aromatic carbocycles. The van der Waals surface area contributed by atoms with E-state index in [1.54, 1.807) is 14.2 Å². The number of hydrogen-bond acceptors (Lipinski definition) is 4. The molecule has 0 bridgehead atoms. The van der Waals surface area contributed by atoms with Crippen molar-refractivity contribution in [2.45, 2.75) is 32.9 Å². The third-order valence-electron chi connectivity index (χ3n) is 2.96. The number of methoxy groups -OCH3 is 2. The van der Waals surface area contributed by atoms with Crippen LogP contribution in [0.4, 0.5) is 0 Å². The summed E-state index contributed by atoms with van der Waals surface area (Å²) in [6, 6.07) is 0.761. The molecule has 0 radical (unpaired) electrons. The van der Waals surface area contributed by atoms with Crippen molar-refractivity contribution in [1.29, 1.82) is 0 Å². The maximum absolute atomic E-state index is 5.86. The van der Waals surface area contributed by atoms with Crippen LogP contribution in [0.5, 0.6) is 0 Å². The summed E-state index contributed by atoms with van der Waals surface area (Å²) in [4.78, 5) is 2.39. The molecule has 16 heavy (non-hydrogen) atoms. The maximum Gasteiger partial charge on any atom is 0.0615 e. The monoisotopic (exact) mass is 232 g/mol. The molecule has 0 saturated carbocycles. The van der Waals surface area contributed by atoms with Gasteiger partial charge in [-0.25, -0.2) is 0 Å². The van der Waals surface area contributed by atoms with E-state index >= 15 is 0 Å². The molecule has 0 aromatic heterocycles. The fourth-order valence-corrected chi connectivity index (χ4v) is 2.04. The van der Waals surface area contributed by atoms with Gasteiger partial charge in [0.2, 0.25) is 0 Å². The van der Waals surface area contributed by atoms with Crippen molar-refractivity contribution >= 4 is 0 Å². The van der Waals surface area contributed by atoms with Crippen molar-refractivity contribution in [3.05, 3.63) is 0 Å². The first-order valence-corrected chi connectivity index (χ1v) is 6.02. The lowest BCUT2D eigenvalue weighted by atomic mass is 10.0. The van der Waals surface area contributed by atoms with Crippen LogP contribution in [0.1, 0.15) is 20.8 Å². The molecular formula is C12H28N2O2. The standard InChI is InChI=1S/C12H28N2O2/c1-10(2)12(8-13)14(6-7-15-4)11(3)9-16-5/h10-12H,6-9,13H2,1-5H3. The first kappa shape index (κ1) is 15.8. The Bertz CT molecular complexity index is 165. The summed E-state index contributed by atoms with van der Waals surface area (Å²) in [5.74, 6) is 0.543. The average molecular weight is 232 g/mol. The molecule has 0 heterocycles. The highest BCUT2D eigenvalue weighted by molar-refractivity contribution is 4.80. The van der Waals surface area contributed by atoms with E-state index in [-0.39, 0.29) is 0 Å². The first-order valence-electron chi connectivity index (χ1n) is 6.02. The second kappa shape index (κ2) is 8.93. The Labute approximate surface area is 100 Å². The summed E-state index contributed by atoms with van der Waals surface area (Å²) in [5.41, 5.74) is 5.86. The highest BCUT2D eigenvalue weighted by atomic mass is 16.5. The number of nitrogens with zero attached hydrogens (tertiary/aromatic N) is 1. The van der Waals surface area contributed by atoms with Crippen LogP contribution in [-0.4, -0.2) is 57.5 Å². The Morgan fingerprint density at radius 1 is 1.12 bits per heavy atom. The highest BCUT2D eigenvalue weighted by Crippen LogP contribution is 2.13. The van der Waals surface area contributed by atoms with E-state index < -0.39 is 0 Å². The zero-order chi connectivity index (χ0) is 12.6. The van der Waals surface area contributed by atoms with Crippen LogP contribution in [0.3, 0.4) is 0 Å². The highest BCUT2D eigenvalue weighted by Gasteiger charge is 2.24. The van der Waals surface area contributed by atoms with Gasteiger partial charge in [0.25, 0.3) is 0 Å². The molecule has 2 atom stereocenters. The van der Waals surface area contributed by atoms with Crippen LogP contribution in [0.15, 0.2) is 0 Å². The minimum atomic E-state index is 0.371. The van der Waals surface area contributed by atoms with E-state index in [0.29, 0.717) is 24.5 Å². The normalized spacial score (nSPS) is 15.8. The predicted molar refractivity (Wildman–Crippen MR) is 67.6 cm³/mol. The van der Waals surface area contributed by atoms with Gasteiger partial charge >= 0.3 is 0 Å². The van der Waals surface area contributed by atoms with Crippen molar-refractivity contribution in [1.82, 2.24) is 4.90 Å². The van der Waals surface area contributed by atoms with Gasteiger partial charge < -0.3 is 15.2 Å². The summed E-state index contributed by atoms with van der Waals surface area (Å²) in [5, 5.41) is 0. The summed E-state index contributed by atoms with van der Waals surface area (Å²) >= 11 is 0. The maximum atomic E-state index is 5.86. The van der Waals surface area contributed by atoms with Gasteiger partial charge in [-0.15, -0.1) is 0 Å². The minimum Gasteiger partial charge on any atom is -0.383 e. The van der Waals surface area contributed by atoms with E-state index in [0.717, 1.165) is 19.8 Å². The number of rotatable bonds is 9. The van der Waals surface area contributed by atoms with Crippen LogP contribution in [-0.2, 0) is 9.47 Å². The molecule has 0 spiro atoms. The molecule has 2 N–H and O–H groups in total. The van der Waals surface area contributed by atoms with Crippen molar-refractivity contribution in [2.24, 2.45) is 11.7 Å². The first-order chi connectivity index (χ1) is 7.58. The van der Waals surface area contributed by atoms with E-state index in [2.05, 4.69) is 25.7 Å². The average Bonchev–Trinajstić information content (AvgIpc) is 2.23. The Kier molecular flexibility index (Phi) is 8.84. The SMILES string of the molecule is COCCN(C(C)COC)C(CN)C(C)C. The molecule has 0 aliphatic carbocycles. The van der Waals surface area contributed by atoms with Crippen LogP contribution in [0.2, 0.25) is 0 Å². The lowest BCUT2D eigenvalue weighted by molar-refractivity contribution is 0.0355. The van der Waals surface area contributed by atoms with Gasteiger partial charge in [-0.3, -0.25) is 4.90 Å². The van der Waals surface area contributed by atoms with Crippen molar-refractivity contribution in [2.75, 3.05) is 40.5 Å². The Morgan fingerprint density at radius 3 is 2.12 bits per heavy atom. The van der Waals surface area contributed by atoms with Gasteiger partial charge in [0.05, 0.1) is 13.2 Å². The second-order valence-corrected chi connectivity index (χ2v) is 4.58.